The minimum Gasteiger partial charge on any atom is -0.308 e. The quantitative estimate of drug-likeness (QED) is 0.504. The lowest BCUT2D eigenvalue weighted by molar-refractivity contribution is 0.207. The van der Waals surface area contributed by atoms with Crippen LogP contribution in [0.5, 0.6) is 0 Å². The Morgan fingerprint density at radius 3 is 1.67 bits per heavy atom. The van der Waals surface area contributed by atoms with Crippen molar-refractivity contribution in [3.63, 3.8) is 0 Å². The van der Waals surface area contributed by atoms with Gasteiger partial charge in [-0.3, -0.25) is 4.57 Å². The maximum atomic E-state index is 12.9. The van der Waals surface area contributed by atoms with Gasteiger partial charge >= 0.3 is 7.60 Å². The summed E-state index contributed by atoms with van der Waals surface area (Å²) >= 11 is 0. The molecule has 0 unspecified atom stereocenters. The van der Waals surface area contributed by atoms with Gasteiger partial charge in [-0.15, -0.1) is 0 Å². The largest absolute Gasteiger partial charge is 0.330 e. The minimum absolute atomic E-state index is 0.427. The smallest absolute Gasteiger partial charge is 0.308 e. The van der Waals surface area contributed by atoms with Crippen molar-refractivity contribution >= 4 is 7.60 Å². The van der Waals surface area contributed by atoms with Crippen LogP contribution in [-0.4, -0.2) is 19.4 Å². The van der Waals surface area contributed by atoms with Crippen LogP contribution in [0.1, 0.15) is 30.9 Å². The SMILES string of the molecule is CCCCP(=O)(OCCc1ccccc1)OCCc1ccccc1. The fraction of sp³-hybridized carbons (Fsp3) is 0.400. The minimum atomic E-state index is -3.01. The number of rotatable bonds is 11. The number of unbranched alkanes of at least 4 members (excludes halogenated alkanes) is 1. The molecule has 0 amide bonds. The van der Waals surface area contributed by atoms with Gasteiger partial charge in [-0.1, -0.05) is 74.0 Å². The predicted octanol–water partition coefficient (Wildman–Crippen LogP) is 5.50. The second kappa shape index (κ2) is 10.5. The van der Waals surface area contributed by atoms with E-state index >= 15 is 0 Å². The van der Waals surface area contributed by atoms with E-state index in [9.17, 15) is 4.57 Å². The number of benzene rings is 2. The van der Waals surface area contributed by atoms with Gasteiger partial charge < -0.3 is 9.05 Å². The summed E-state index contributed by atoms with van der Waals surface area (Å²) in [5.41, 5.74) is 2.37. The van der Waals surface area contributed by atoms with Crippen LogP contribution < -0.4 is 0 Å². The summed E-state index contributed by atoms with van der Waals surface area (Å²) < 4.78 is 24.3. The zero-order valence-electron chi connectivity index (χ0n) is 14.4. The van der Waals surface area contributed by atoms with Gasteiger partial charge in [-0.2, -0.15) is 0 Å². The summed E-state index contributed by atoms with van der Waals surface area (Å²) in [7, 11) is -3.01. The van der Waals surface area contributed by atoms with E-state index < -0.39 is 7.60 Å². The van der Waals surface area contributed by atoms with Crippen molar-refractivity contribution in [1.29, 1.82) is 0 Å². The highest BCUT2D eigenvalue weighted by Gasteiger charge is 2.23. The van der Waals surface area contributed by atoms with Gasteiger partial charge in [-0.25, -0.2) is 0 Å². The normalized spacial score (nSPS) is 11.5. The van der Waals surface area contributed by atoms with Crippen LogP contribution in [0, 0.1) is 0 Å². The maximum absolute atomic E-state index is 12.9. The zero-order chi connectivity index (χ0) is 17.1. The molecule has 3 nitrogen and oxygen atoms in total. The second-order valence-corrected chi connectivity index (χ2v) is 8.01. The van der Waals surface area contributed by atoms with E-state index in [1.54, 1.807) is 0 Å². The molecule has 0 N–H and O–H groups in total. The maximum Gasteiger partial charge on any atom is 0.330 e. The first-order valence-electron chi connectivity index (χ1n) is 8.68. The highest BCUT2D eigenvalue weighted by Crippen LogP contribution is 2.49. The molecule has 0 saturated carbocycles. The molecule has 0 aromatic heterocycles. The molecule has 0 heterocycles. The molecule has 0 aliphatic rings. The molecule has 0 bridgehead atoms. The Bertz CT molecular complexity index is 564. The lowest BCUT2D eigenvalue weighted by Gasteiger charge is -2.18. The molecule has 0 atom stereocenters. The monoisotopic (exact) mass is 346 g/mol. The van der Waals surface area contributed by atoms with Crippen molar-refractivity contribution in [2.24, 2.45) is 0 Å². The first-order valence-corrected chi connectivity index (χ1v) is 10.4. The van der Waals surface area contributed by atoms with Crippen LogP contribution in [0.3, 0.4) is 0 Å². The van der Waals surface area contributed by atoms with E-state index in [2.05, 4.69) is 31.2 Å². The molecule has 24 heavy (non-hydrogen) atoms. The number of hydrogen-bond donors (Lipinski definition) is 0. The Morgan fingerprint density at radius 2 is 1.25 bits per heavy atom. The van der Waals surface area contributed by atoms with Gasteiger partial charge in [0.05, 0.1) is 19.4 Å². The summed E-state index contributed by atoms with van der Waals surface area (Å²) in [4.78, 5) is 0. The van der Waals surface area contributed by atoms with E-state index in [0.29, 0.717) is 19.4 Å². The molecule has 0 saturated heterocycles. The first kappa shape index (κ1) is 18.9. The first-order chi connectivity index (χ1) is 11.7. The van der Waals surface area contributed by atoms with Crippen molar-refractivity contribution in [1.82, 2.24) is 0 Å². The predicted molar refractivity (Wildman–Crippen MR) is 99.6 cm³/mol. The molecule has 0 fully saturated rings. The lowest BCUT2D eigenvalue weighted by atomic mass is 10.2. The summed E-state index contributed by atoms with van der Waals surface area (Å²) in [5.74, 6) is 0. The highest BCUT2D eigenvalue weighted by molar-refractivity contribution is 7.53. The van der Waals surface area contributed by atoms with Crippen LogP contribution in [0.2, 0.25) is 0 Å². The van der Waals surface area contributed by atoms with Gasteiger partial charge in [0.25, 0.3) is 0 Å². The summed E-state index contributed by atoms with van der Waals surface area (Å²) in [6.45, 7) is 2.94. The molecule has 2 aromatic carbocycles. The highest BCUT2D eigenvalue weighted by atomic mass is 31.2. The molecular weight excluding hydrogens is 319 g/mol. The van der Waals surface area contributed by atoms with Crippen LogP contribution in [0.15, 0.2) is 60.7 Å². The van der Waals surface area contributed by atoms with Crippen LogP contribution in [-0.2, 0) is 26.5 Å². The Balaban J connectivity index is 1.81. The summed E-state index contributed by atoms with van der Waals surface area (Å²) in [6, 6.07) is 20.2. The van der Waals surface area contributed by atoms with E-state index in [0.717, 1.165) is 25.7 Å². The molecule has 0 radical (unpaired) electrons. The number of hydrogen-bond acceptors (Lipinski definition) is 3. The van der Waals surface area contributed by atoms with Crippen molar-refractivity contribution in [2.75, 3.05) is 19.4 Å². The molecular formula is C20H27O3P. The molecule has 0 spiro atoms. The fourth-order valence-electron chi connectivity index (χ4n) is 2.41. The topological polar surface area (TPSA) is 35.5 Å². The van der Waals surface area contributed by atoms with E-state index in [1.807, 2.05) is 36.4 Å². The van der Waals surface area contributed by atoms with Crippen LogP contribution in [0.4, 0.5) is 0 Å². The van der Waals surface area contributed by atoms with Crippen molar-refractivity contribution < 1.29 is 13.6 Å². The molecule has 0 aliphatic heterocycles. The van der Waals surface area contributed by atoms with Gasteiger partial charge in [0, 0.05) is 0 Å². The Kier molecular flexibility index (Phi) is 8.24. The third kappa shape index (κ3) is 7.00. The van der Waals surface area contributed by atoms with Gasteiger partial charge in [0.15, 0.2) is 0 Å². The third-order valence-electron chi connectivity index (χ3n) is 3.83. The standard InChI is InChI=1S/C20H27O3P/c1-2-3-18-24(21,22-16-14-19-10-6-4-7-11-19)23-17-15-20-12-8-5-9-13-20/h4-13H,2-3,14-18H2,1H3. The Labute approximate surface area is 145 Å². The summed E-state index contributed by atoms with van der Waals surface area (Å²) in [5, 5.41) is 0. The molecule has 4 heteroatoms. The van der Waals surface area contributed by atoms with E-state index in [1.165, 1.54) is 11.1 Å². The van der Waals surface area contributed by atoms with Crippen molar-refractivity contribution in [2.45, 2.75) is 32.6 Å². The molecule has 2 rings (SSSR count). The fourth-order valence-corrected chi connectivity index (χ4v) is 4.19. The lowest BCUT2D eigenvalue weighted by Crippen LogP contribution is -2.06. The Morgan fingerprint density at radius 1 is 0.792 bits per heavy atom. The van der Waals surface area contributed by atoms with Gasteiger partial charge in [0.2, 0.25) is 0 Å². The van der Waals surface area contributed by atoms with Gasteiger partial charge in [0.1, 0.15) is 0 Å². The Hall–Kier alpha value is -1.41. The van der Waals surface area contributed by atoms with Crippen molar-refractivity contribution in [3.8, 4) is 0 Å². The summed E-state index contributed by atoms with van der Waals surface area (Å²) in [6.07, 6.45) is 3.83. The zero-order valence-corrected chi connectivity index (χ0v) is 15.3. The van der Waals surface area contributed by atoms with E-state index in [-0.39, 0.29) is 0 Å². The molecule has 2 aromatic rings. The van der Waals surface area contributed by atoms with Crippen LogP contribution >= 0.6 is 7.60 Å². The second-order valence-electron chi connectivity index (χ2n) is 5.83. The van der Waals surface area contributed by atoms with Gasteiger partial charge in [-0.05, 0) is 30.4 Å². The average Bonchev–Trinajstić information content (AvgIpc) is 2.62. The van der Waals surface area contributed by atoms with Crippen molar-refractivity contribution in [3.05, 3.63) is 71.8 Å². The van der Waals surface area contributed by atoms with E-state index in [4.69, 9.17) is 9.05 Å². The average molecular weight is 346 g/mol. The van der Waals surface area contributed by atoms with Crippen LogP contribution in [0.25, 0.3) is 0 Å². The molecule has 130 valence electrons. The molecule has 0 aliphatic carbocycles. The third-order valence-corrected chi connectivity index (χ3v) is 5.84.